The molecular weight excluding hydrogens is 363 g/mol. The van der Waals surface area contributed by atoms with E-state index in [-0.39, 0.29) is 36.4 Å². The van der Waals surface area contributed by atoms with E-state index in [2.05, 4.69) is 10.1 Å². The molecule has 0 amide bonds. The molecule has 0 fully saturated rings. The van der Waals surface area contributed by atoms with Gasteiger partial charge in [-0.15, -0.1) is 0 Å². The summed E-state index contributed by atoms with van der Waals surface area (Å²) in [6.07, 6.45) is 0.283. The van der Waals surface area contributed by atoms with E-state index in [0.717, 1.165) is 0 Å². The predicted octanol–water partition coefficient (Wildman–Crippen LogP) is 4.54. The SMILES string of the molecule is CCOc1ccccc1-c1noc(COc2ccc(F)c3c2C(=O)CC3C)n1. The number of carbonyl (C=O) groups excluding carboxylic acids is 1. The number of fused-ring (bicyclic) bond motifs is 1. The molecule has 144 valence electrons. The van der Waals surface area contributed by atoms with Crippen LogP contribution in [0.4, 0.5) is 4.39 Å². The molecule has 1 atom stereocenters. The summed E-state index contributed by atoms with van der Waals surface area (Å²) in [5.41, 5.74) is 1.44. The number of benzene rings is 2. The molecule has 0 saturated carbocycles. The van der Waals surface area contributed by atoms with Crippen LogP contribution in [0.2, 0.25) is 0 Å². The predicted molar refractivity (Wildman–Crippen MR) is 99.0 cm³/mol. The lowest BCUT2D eigenvalue weighted by Gasteiger charge is -2.10. The third-order valence-corrected chi connectivity index (χ3v) is 4.66. The second-order valence-electron chi connectivity index (χ2n) is 6.59. The highest BCUT2D eigenvalue weighted by Crippen LogP contribution is 2.40. The quantitative estimate of drug-likeness (QED) is 0.623. The van der Waals surface area contributed by atoms with Crippen molar-refractivity contribution in [2.45, 2.75) is 32.8 Å². The molecule has 0 aliphatic heterocycles. The van der Waals surface area contributed by atoms with Gasteiger partial charge < -0.3 is 14.0 Å². The first-order chi connectivity index (χ1) is 13.6. The molecule has 7 heteroatoms. The van der Waals surface area contributed by atoms with Gasteiger partial charge in [-0.1, -0.05) is 24.2 Å². The van der Waals surface area contributed by atoms with Crippen molar-refractivity contribution in [2.24, 2.45) is 0 Å². The Morgan fingerprint density at radius 3 is 2.82 bits per heavy atom. The Morgan fingerprint density at radius 1 is 1.18 bits per heavy atom. The minimum absolute atomic E-state index is 0.0243. The van der Waals surface area contributed by atoms with E-state index in [4.69, 9.17) is 14.0 Å². The minimum atomic E-state index is -0.381. The van der Waals surface area contributed by atoms with Crippen molar-refractivity contribution in [3.05, 3.63) is 59.2 Å². The summed E-state index contributed by atoms with van der Waals surface area (Å²) >= 11 is 0. The monoisotopic (exact) mass is 382 g/mol. The van der Waals surface area contributed by atoms with Gasteiger partial charge in [0.1, 0.15) is 17.3 Å². The first-order valence-corrected chi connectivity index (χ1v) is 9.11. The summed E-state index contributed by atoms with van der Waals surface area (Å²) in [6.45, 7) is 4.22. The van der Waals surface area contributed by atoms with Gasteiger partial charge in [0, 0.05) is 12.0 Å². The fraction of sp³-hybridized carbons (Fsp3) is 0.286. The third-order valence-electron chi connectivity index (χ3n) is 4.66. The number of hydrogen-bond acceptors (Lipinski definition) is 6. The molecular formula is C21H19FN2O4. The van der Waals surface area contributed by atoms with Crippen molar-refractivity contribution < 1.29 is 23.2 Å². The molecule has 4 rings (SSSR count). The Bertz CT molecular complexity index is 1030. The second kappa shape index (κ2) is 7.42. The number of nitrogens with zero attached hydrogens (tertiary/aromatic N) is 2. The summed E-state index contributed by atoms with van der Waals surface area (Å²) in [6, 6.07) is 10.2. The standard InChI is InChI=1S/C21H19FN2O4/c1-3-26-16-7-5-4-6-13(16)21-23-18(28-24-21)11-27-17-9-8-14(22)19-12(2)10-15(25)20(17)19/h4-9,12H,3,10-11H2,1-2H3. The van der Waals surface area contributed by atoms with Crippen LogP contribution in [0, 0.1) is 5.82 Å². The van der Waals surface area contributed by atoms with Crippen molar-refractivity contribution in [1.29, 1.82) is 0 Å². The van der Waals surface area contributed by atoms with E-state index >= 15 is 0 Å². The van der Waals surface area contributed by atoms with E-state index in [1.54, 1.807) is 0 Å². The summed E-state index contributed by atoms with van der Waals surface area (Å²) in [4.78, 5) is 16.6. The minimum Gasteiger partial charge on any atom is -0.493 e. The zero-order valence-corrected chi connectivity index (χ0v) is 15.6. The highest BCUT2D eigenvalue weighted by molar-refractivity contribution is 6.03. The number of hydrogen-bond donors (Lipinski definition) is 0. The van der Waals surface area contributed by atoms with Crippen LogP contribution in [0.5, 0.6) is 11.5 Å². The normalized spacial score (nSPS) is 15.5. The number of halogens is 1. The summed E-state index contributed by atoms with van der Waals surface area (Å²) in [5, 5.41) is 3.98. The number of rotatable bonds is 6. The van der Waals surface area contributed by atoms with Crippen LogP contribution in [0.25, 0.3) is 11.4 Å². The van der Waals surface area contributed by atoms with Crippen molar-refractivity contribution in [3.8, 4) is 22.9 Å². The Hall–Kier alpha value is -3.22. The number of ketones is 1. The molecule has 3 aromatic rings. The van der Waals surface area contributed by atoms with Crippen molar-refractivity contribution in [1.82, 2.24) is 10.1 Å². The molecule has 1 unspecified atom stereocenters. The second-order valence-corrected chi connectivity index (χ2v) is 6.59. The van der Waals surface area contributed by atoms with Crippen LogP contribution in [0.15, 0.2) is 40.9 Å². The average Bonchev–Trinajstić information content (AvgIpc) is 3.27. The zero-order chi connectivity index (χ0) is 19.7. The fourth-order valence-corrected chi connectivity index (χ4v) is 3.44. The van der Waals surface area contributed by atoms with Crippen LogP contribution in [-0.2, 0) is 6.61 Å². The van der Waals surface area contributed by atoms with Gasteiger partial charge in [-0.05, 0) is 37.1 Å². The van der Waals surface area contributed by atoms with Crippen molar-refractivity contribution in [2.75, 3.05) is 6.61 Å². The molecule has 28 heavy (non-hydrogen) atoms. The summed E-state index contributed by atoms with van der Waals surface area (Å²) in [7, 11) is 0. The molecule has 6 nitrogen and oxygen atoms in total. The van der Waals surface area contributed by atoms with Crippen LogP contribution in [-0.4, -0.2) is 22.5 Å². The van der Waals surface area contributed by atoms with E-state index < -0.39 is 0 Å². The largest absolute Gasteiger partial charge is 0.493 e. The van der Waals surface area contributed by atoms with Gasteiger partial charge >= 0.3 is 0 Å². The van der Waals surface area contributed by atoms with Crippen LogP contribution >= 0.6 is 0 Å². The first kappa shape index (κ1) is 18.2. The zero-order valence-electron chi connectivity index (χ0n) is 15.6. The maximum atomic E-state index is 14.1. The third kappa shape index (κ3) is 3.24. The Kier molecular flexibility index (Phi) is 4.81. The number of Topliss-reactive ketones (excluding diaryl/α,β-unsaturated/α-hetero) is 1. The van der Waals surface area contributed by atoms with Crippen LogP contribution in [0.3, 0.4) is 0 Å². The molecule has 1 aromatic heterocycles. The molecule has 0 bridgehead atoms. The lowest BCUT2D eigenvalue weighted by Crippen LogP contribution is -2.03. The van der Waals surface area contributed by atoms with Gasteiger partial charge in [0.05, 0.1) is 17.7 Å². The molecule has 0 radical (unpaired) electrons. The highest BCUT2D eigenvalue weighted by atomic mass is 19.1. The maximum Gasteiger partial charge on any atom is 0.264 e. The molecule has 0 N–H and O–H groups in total. The Labute approximate surface area is 161 Å². The van der Waals surface area contributed by atoms with Crippen LogP contribution in [0.1, 0.15) is 48.0 Å². The van der Waals surface area contributed by atoms with E-state index in [9.17, 15) is 9.18 Å². The summed E-state index contributed by atoms with van der Waals surface area (Å²) in [5.74, 6) is 0.974. The smallest absolute Gasteiger partial charge is 0.264 e. The lowest BCUT2D eigenvalue weighted by atomic mass is 10.0. The van der Waals surface area contributed by atoms with E-state index in [0.29, 0.717) is 40.6 Å². The van der Waals surface area contributed by atoms with Crippen molar-refractivity contribution >= 4 is 5.78 Å². The van der Waals surface area contributed by atoms with Crippen molar-refractivity contribution in [3.63, 3.8) is 0 Å². The van der Waals surface area contributed by atoms with Gasteiger partial charge in [0.2, 0.25) is 5.82 Å². The molecule has 0 saturated heterocycles. The Morgan fingerprint density at radius 2 is 2.00 bits per heavy atom. The number of ether oxygens (including phenoxy) is 2. The van der Waals surface area contributed by atoms with Gasteiger partial charge in [-0.2, -0.15) is 4.98 Å². The fourth-order valence-electron chi connectivity index (χ4n) is 3.44. The summed E-state index contributed by atoms with van der Waals surface area (Å²) < 4.78 is 30.7. The molecule has 2 aromatic carbocycles. The lowest BCUT2D eigenvalue weighted by molar-refractivity contribution is 0.0985. The van der Waals surface area contributed by atoms with Gasteiger partial charge in [0.25, 0.3) is 5.89 Å². The first-order valence-electron chi connectivity index (χ1n) is 9.11. The highest BCUT2D eigenvalue weighted by Gasteiger charge is 2.32. The van der Waals surface area contributed by atoms with E-state index in [1.165, 1.54) is 12.1 Å². The average molecular weight is 382 g/mol. The molecule has 1 heterocycles. The Balaban J connectivity index is 1.55. The number of para-hydroxylation sites is 1. The van der Waals surface area contributed by atoms with E-state index in [1.807, 2.05) is 38.1 Å². The van der Waals surface area contributed by atoms with Gasteiger partial charge in [0.15, 0.2) is 12.4 Å². The van der Waals surface area contributed by atoms with Crippen LogP contribution < -0.4 is 9.47 Å². The maximum absolute atomic E-state index is 14.1. The number of aromatic nitrogens is 2. The molecule has 1 aliphatic rings. The molecule has 1 aliphatic carbocycles. The van der Waals surface area contributed by atoms with Gasteiger partial charge in [-0.25, -0.2) is 4.39 Å². The molecule has 0 spiro atoms. The van der Waals surface area contributed by atoms with Gasteiger partial charge in [-0.3, -0.25) is 4.79 Å². The number of carbonyl (C=O) groups is 1. The topological polar surface area (TPSA) is 74.5 Å².